The van der Waals surface area contributed by atoms with E-state index in [9.17, 15) is 4.79 Å². The first-order valence-electron chi connectivity index (χ1n) is 8.94. The Balaban J connectivity index is 1.40. The summed E-state index contributed by atoms with van der Waals surface area (Å²) in [5, 5.41) is 8.20. The van der Waals surface area contributed by atoms with Gasteiger partial charge < -0.3 is 20.2 Å². The minimum absolute atomic E-state index is 0.177. The smallest absolute Gasteiger partial charge is 0.319 e. The van der Waals surface area contributed by atoms with Gasteiger partial charge in [0.25, 0.3) is 0 Å². The third-order valence-electron chi connectivity index (χ3n) is 4.73. The number of fused-ring (bicyclic) bond motifs is 2. The summed E-state index contributed by atoms with van der Waals surface area (Å²) in [6.45, 7) is 3.54. The molecule has 0 unspecified atom stereocenters. The molecule has 2 aromatic carbocycles. The zero-order valence-electron chi connectivity index (χ0n) is 14.8. The Morgan fingerprint density at radius 3 is 2.69 bits per heavy atom. The fraction of sp³-hybridized carbons (Fsp3) is 0.190. The zero-order valence-corrected chi connectivity index (χ0v) is 14.8. The largest absolute Gasteiger partial charge is 0.361 e. The molecule has 5 heteroatoms. The van der Waals surface area contributed by atoms with Gasteiger partial charge in [-0.05, 0) is 31.0 Å². The van der Waals surface area contributed by atoms with E-state index < -0.39 is 0 Å². The number of H-pyrrole nitrogens is 1. The Hall–Kier alpha value is -3.21. The third-order valence-corrected chi connectivity index (χ3v) is 4.73. The quantitative estimate of drug-likeness (QED) is 0.489. The molecule has 0 bridgehead atoms. The minimum Gasteiger partial charge on any atom is -0.361 e. The fourth-order valence-corrected chi connectivity index (χ4v) is 3.42. The number of aromatic amines is 1. The number of carbonyl (C=O) groups is 1. The van der Waals surface area contributed by atoms with E-state index in [0.29, 0.717) is 6.54 Å². The second-order valence-corrected chi connectivity index (χ2v) is 6.34. The minimum atomic E-state index is -0.177. The number of hydrogen-bond acceptors (Lipinski definition) is 1. The number of aromatic nitrogens is 2. The number of nitrogens with zero attached hydrogens (tertiary/aromatic N) is 1. The summed E-state index contributed by atoms with van der Waals surface area (Å²) in [5.74, 6) is 0. The average molecular weight is 346 g/mol. The molecule has 0 atom stereocenters. The molecule has 2 heterocycles. The Bertz CT molecular complexity index is 1060. The van der Waals surface area contributed by atoms with Crippen molar-refractivity contribution in [2.45, 2.75) is 19.9 Å². The van der Waals surface area contributed by atoms with Crippen LogP contribution in [0.4, 0.5) is 10.5 Å². The number of para-hydroxylation sites is 2. The van der Waals surface area contributed by atoms with Gasteiger partial charge in [0.05, 0.1) is 11.2 Å². The maximum atomic E-state index is 12.3. The van der Waals surface area contributed by atoms with Crippen LogP contribution < -0.4 is 10.6 Å². The highest BCUT2D eigenvalue weighted by Gasteiger charge is 2.10. The average Bonchev–Trinajstić information content (AvgIpc) is 3.24. The van der Waals surface area contributed by atoms with E-state index in [1.807, 2.05) is 42.7 Å². The lowest BCUT2D eigenvalue weighted by Gasteiger charge is -2.06. The van der Waals surface area contributed by atoms with E-state index in [-0.39, 0.29) is 6.03 Å². The van der Waals surface area contributed by atoms with Crippen LogP contribution in [0, 0.1) is 0 Å². The predicted molar refractivity (Wildman–Crippen MR) is 107 cm³/mol. The third kappa shape index (κ3) is 3.04. The van der Waals surface area contributed by atoms with Crippen LogP contribution in [0.25, 0.3) is 21.8 Å². The number of benzene rings is 2. The number of carbonyl (C=O) groups excluding carboxylic acids is 1. The molecular weight excluding hydrogens is 324 g/mol. The number of rotatable bonds is 5. The number of aryl methyl sites for hydroxylation is 1. The van der Waals surface area contributed by atoms with Crippen molar-refractivity contribution in [2.75, 3.05) is 11.9 Å². The molecule has 0 spiro atoms. The SMILES string of the molecule is CCn1cc(NC(=O)NCCc2c[nH]c3ccccc23)c2ccccc21. The molecule has 0 aliphatic rings. The van der Waals surface area contributed by atoms with Gasteiger partial charge >= 0.3 is 6.03 Å². The highest BCUT2D eigenvalue weighted by molar-refractivity contribution is 6.01. The monoisotopic (exact) mass is 346 g/mol. The summed E-state index contributed by atoms with van der Waals surface area (Å²) in [4.78, 5) is 15.6. The van der Waals surface area contributed by atoms with Crippen LogP contribution >= 0.6 is 0 Å². The van der Waals surface area contributed by atoms with Crippen molar-refractivity contribution >= 4 is 33.5 Å². The van der Waals surface area contributed by atoms with Crippen LogP contribution in [-0.4, -0.2) is 22.1 Å². The van der Waals surface area contributed by atoms with E-state index in [0.717, 1.165) is 35.1 Å². The van der Waals surface area contributed by atoms with Crippen molar-refractivity contribution in [3.63, 3.8) is 0 Å². The number of amides is 2. The molecule has 2 aromatic heterocycles. The van der Waals surface area contributed by atoms with Gasteiger partial charge in [-0.15, -0.1) is 0 Å². The first-order chi connectivity index (χ1) is 12.8. The Morgan fingerprint density at radius 2 is 1.85 bits per heavy atom. The van der Waals surface area contributed by atoms with Crippen LogP contribution in [0.15, 0.2) is 60.9 Å². The molecule has 132 valence electrons. The van der Waals surface area contributed by atoms with Gasteiger partial charge in [0.1, 0.15) is 0 Å². The fourth-order valence-electron chi connectivity index (χ4n) is 3.42. The lowest BCUT2D eigenvalue weighted by atomic mass is 10.1. The molecule has 0 aliphatic heterocycles. The molecule has 4 aromatic rings. The molecule has 0 aliphatic carbocycles. The van der Waals surface area contributed by atoms with Crippen LogP contribution in [0.2, 0.25) is 0 Å². The molecule has 4 rings (SSSR count). The van der Waals surface area contributed by atoms with Gasteiger partial charge in [0, 0.05) is 41.8 Å². The lowest BCUT2D eigenvalue weighted by Crippen LogP contribution is -2.30. The topological polar surface area (TPSA) is 61.9 Å². The molecule has 2 amide bonds. The predicted octanol–water partition coefficient (Wildman–Crippen LogP) is 4.51. The van der Waals surface area contributed by atoms with E-state index in [1.165, 1.54) is 10.9 Å². The second kappa shape index (κ2) is 6.96. The highest BCUT2D eigenvalue weighted by atomic mass is 16.2. The summed E-state index contributed by atoms with van der Waals surface area (Å²) >= 11 is 0. The Labute approximate surface area is 152 Å². The van der Waals surface area contributed by atoms with Gasteiger partial charge in [0.15, 0.2) is 0 Å². The van der Waals surface area contributed by atoms with Crippen molar-refractivity contribution < 1.29 is 4.79 Å². The summed E-state index contributed by atoms with van der Waals surface area (Å²) < 4.78 is 2.14. The maximum absolute atomic E-state index is 12.3. The maximum Gasteiger partial charge on any atom is 0.319 e. The summed E-state index contributed by atoms with van der Waals surface area (Å²) in [6.07, 6.45) is 4.79. The molecule has 0 fully saturated rings. The van der Waals surface area contributed by atoms with Crippen LogP contribution in [0.5, 0.6) is 0 Å². The van der Waals surface area contributed by atoms with Crippen LogP contribution in [0.1, 0.15) is 12.5 Å². The molecule has 26 heavy (non-hydrogen) atoms. The molecule has 0 radical (unpaired) electrons. The standard InChI is InChI=1S/C21H22N4O/c1-2-25-14-19(17-8-4-6-10-20(17)25)24-21(26)22-12-11-15-13-23-18-9-5-3-7-16(15)18/h3-10,13-14,23H,2,11-12H2,1H3,(H2,22,24,26). The molecule has 0 saturated carbocycles. The van der Waals surface area contributed by atoms with Gasteiger partial charge in [-0.1, -0.05) is 36.4 Å². The summed E-state index contributed by atoms with van der Waals surface area (Å²) in [7, 11) is 0. The first-order valence-corrected chi connectivity index (χ1v) is 8.94. The van der Waals surface area contributed by atoms with Crippen molar-refractivity contribution in [2.24, 2.45) is 0 Å². The zero-order chi connectivity index (χ0) is 17.9. The van der Waals surface area contributed by atoms with Gasteiger partial charge in [-0.25, -0.2) is 4.79 Å². The van der Waals surface area contributed by atoms with Crippen molar-refractivity contribution in [3.8, 4) is 0 Å². The van der Waals surface area contributed by atoms with Crippen molar-refractivity contribution in [1.29, 1.82) is 0 Å². The van der Waals surface area contributed by atoms with Gasteiger partial charge in [-0.2, -0.15) is 0 Å². The van der Waals surface area contributed by atoms with Gasteiger partial charge in [0.2, 0.25) is 0 Å². The molecule has 5 nitrogen and oxygen atoms in total. The first kappa shape index (κ1) is 16.3. The number of urea groups is 1. The van der Waals surface area contributed by atoms with E-state index in [1.54, 1.807) is 0 Å². The number of nitrogens with one attached hydrogen (secondary N) is 3. The molecular formula is C21H22N4O. The highest BCUT2D eigenvalue weighted by Crippen LogP contribution is 2.25. The normalized spacial score (nSPS) is 11.1. The number of anilines is 1. The lowest BCUT2D eigenvalue weighted by molar-refractivity contribution is 0.252. The van der Waals surface area contributed by atoms with E-state index in [4.69, 9.17) is 0 Å². The molecule has 0 saturated heterocycles. The Morgan fingerprint density at radius 1 is 1.08 bits per heavy atom. The van der Waals surface area contributed by atoms with Crippen molar-refractivity contribution in [3.05, 3.63) is 66.5 Å². The number of hydrogen-bond donors (Lipinski definition) is 3. The second-order valence-electron chi connectivity index (χ2n) is 6.34. The van der Waals surface area contributed by atoms with Gasteiger partial charge in [-0.3, -0.25) is 0 Å². The van der Waals surface area contributed by atoms with Crippen molar-refractivity contribution in [1.82, 2.24) is 14.9 Å². The molecule has 3 N–H and O–H groups in total. The van der Waals surface area contributed by atoms with E-state index >= 15 is 0 Å². The summed E-state index contributed by atoms with van der Waals surface area (Å²) in [6, 6.07) is 16.1. The van der Waals surface area contributed by atoms with E-state index in [2.05, 4.69) is 45.3 Å². The van der Waals surface area contributed by atoms with Crippen LogP contribution in [-0.2, 0) is 13.0 Å². The Kier molecular flexibility index (Phi) is 4.35. The van der Waals surface area contributed by atoms with Crippen LogP contribution in [0.3, 0.4) is 0 Å². The summed E-state index contributed by atoms with van der Waals surface area (Å²) in [5.41, 5.74) is 4.30.